The summed E-state index contributed by atoms with van der Waals surface area (Å²) in [7, 11) is 0. The van der Waals surface area contributed by atoms with E-state index in [0.717, 1.165) is 11.3 Å². The first kappa shape index (κ1) is 14.0. The fourth-order valence-corrected chi connectivity index (χ4v) is 1.66. The highest BCUT2D eigenvalue weighted by molar-refractivity contribution is 5.74. The molecule has 20 heavy (non-hydrogen) atoms. The van der Waals surface area contributed by atoms with Crippen LogP contribution in [0.4, 0.5) is 0 Å². The summed E-state index contributed by atoms with van der Waals surface area (Å²) in [4.78, 5) is 19.7. The van der Waals surface area contributed by atoms with Crippen molar-refractivity contribution in [2.75, 3.05) is 6.61 Å². The Morgan fingerprint density at radius 2 is 2.00 bits per heavy atom. The van der Waals surface area contributed by atoms with Crippen molar-refractivity contribution in [1.29, 1.82) is 0 Å². The molecule has 0 bridgehead atoms. The second-order valence-electron chi connectivity index (χ2n) is 4.12. The Labute approximate surface area is 117 Å². The van der Waals surface area contributed by atoms with Gasteiger partial charge in [0.1, 0.15) is 6.33 Å². The summed E-state index contributed by atoms with van der Waals surface area (Å²) in [6, 6.07) is 11.4. The Morgan fingerprint density at radius 3 is 2.70 bits per heavy atom. The van der Waals surface area contributed by atoms with Crippen LogP contribution in [0.15, 0.2) is 42.7 Å². The zero-order valence-corrected chi connectivity index (χ0v) is 11.4. The van der Waals surface area contributed by atoms with E-state index in [0.29, 0.717) is 12.5 Å². The lowest BCUT2D eigenvalue weighted by Gasteiger charge is -2.12. The number of esters is 1. The summed E-state index contributed by atoms with van der Waals surface area (Å²) in [6.45, 7) is 3.71. The molecule has 0 radical (unpaired) electrons. The standard InChI is InChI=1S/C15H16N2O3/c1-3-19-15(18)11(2)20-14-9-13(16-10-17-14)12-7-5-4-6-8-12/h4-11H,3H2,1-2H3. The average Bonchev–Trinajstić information content (AvgIpc) is 2.48. The summed E-state index contributed by atoms with van der Waals surface area (Å²) in [5.74, 6) is -0.0632. The Hall–Kier alpha value is -2.43. The number of nitrogens with zero attached hydrogens (tertiary/aromatic N) is 2. The highest BCUT2D eigenvalue weighted by atomic mass is 16.6. The maximum Gasteiger partial charge on any atom is 0.347 e. The first-order chi connectivity index (χ1) is 9.70. The van der Waals surface area contributed by atoms with Crippen molar-refractivity contribution in [3.8, 4) is 17.1 Å². The van der Waals surface area contributed by atoms with E-state index >= 15 is 0 Å². The van der Waals surface area contributed by atoms with Crippen LogP contribution in [0.2, 0.25) is 0 Å². The fourth-order valence-electron chi connectivity index (χ4n) is 1.66. The van der Waals surface area contributed by atoms with Crippen molar-refractivity contribution in [2.45, 2.75) is 20.0 Å². The number of ether oxygens (including phenoxy) is 2. The summed E-state index contributed by atoms with van der Waals surface area (Å²) in [5.41, 5.74) is 1.70. The van der Waals surface area contributed by atoms with E-state index in [4.69, 9.17) is 9.47 Å². The number of hydrogen-bond donors (Lipinski definition) is 0. The SMILES string of the molecule is CCOC(=O)C(C)Oc1cc(-c2ccccc2)ncn1. The van der Waals surface area contributed by atoms with Crippen LogP contribution < -0.4 is 4.74 Å². The zero-order chi connectivity index (χ0) is 14.4. The number of benzene rings is 1. The van der Waals surface area contributed by atoms with Gasteiger partial charge in [-0.2, -0.15) is 0 Å². The van der Waals surface area contributed by atoms with E-state index in [9.17, 15) is 4.79 Å². The third kappa shape index (κ3) is 3.54. The van der Waals surface area contributed by atoms with Gasteiger partial charge in [-0.1, -0.05) is 30.3 Å². The van der Waals surface area contributed by atoms with Crippen LogP contribution in [0.25, 0.3) is 11.3 Å². The predicted octanol–water partition coefficient (Wildman–Crippen LogP) is 2.47. The molecule has 0 aliphatic carbocycles. The van der Waals surface area contributed by atoms with Crippen LogP contribution >= 0.6 is 0 Å². The lowest BCUT2D eigenvalue weighted by atomic mass is 10.1. The van der Waals surface area contributed by atoms with Crippen molar-refractivity contribution < 1.29 is 14.3 Å². The van der Waals surface area contributed by atoms with Crippen molar-refractivity contribution >= 4 is 5.97 Å². The minimum Gasteiger partial charge on any atom is -0.463 e. The van der Waals surface area contributed by atoms with Gasteiger partial charge in [-0.15, -0.1) is 0 Å². The van der Waals surface area contributed by atoms with Gasteiger partial charge in [0.25, 0.3) is 0 Å². The number of carbonyl (C=O) groups is 1. The van der Waals surface area contributed by atoms with E-state index in [1.165, 1.54) is 6.33 Å². The van der Waals surface area contributed by atoms with Crippen LogP contribution in [0.1, 0.15) is 13.8 Å². The molecule has 0 aliphatic rings. The highest BCUT2D eigenvalue weighted by Crippen LogP contribution is 2.19. The number of carbonyl (C=O) groups excluding carboxylic acids is 1. The Balaban J connectivity index is 2.12. The molecule has 2 rings (SSSR count). The maximum absolute atomic E-state index is 11.5. The van der Waals surface area contributed by atoms with Crippen molar-refractivity contribution in [3.63, 3.8) is 0 Å². The van der Waals surface area contributed by atoms with Gasteiger partial charge in [0.05, 0.1) is 12.3 Å². The van der Waals surface area contributed by atoms with Crippen LogP contribution in [0, 0.1) is 0 Å². The summed E-state index contributed by atoms with van der Waals surface area (Å²) < 4.78 is 10.3. The van der Waals surface area contributed by atoms with Gasteiger partial charge in [-0.25, -0.2) is 14.8 Å². The average molecular weight is 272 g/mol. The molecule has 2 aromatic rings. The quantitative estimate of drug-likeness (QED) is 0.782. The van der Waals surface area contributed by atoms with Gasteiger partial charge in [0, 0.05) is 11.6 Å². The molecule has 1 aromatic heterocycles. The Kier molecular flexibility index (Phi) is 4.65. The number of rotatable bonds is 5. The van der Waals surface area contributed by atoms with Gasteiger partial charge in [0.2, 0.25) is 5.88 Å². The molecule has 1 heterocycles. The van der Waals surface area contributed by atoms with Gasteiger partial charge in [-0.05, 0) is 13.8 Å². The number of aromatic nitrogens is 2. The molecule has 1 atom stereocenters. The molecule has 104 valence electrons. The van der Waals surface area contributed by atoms with E-state index in [-0.39, 0.29) is 0 Å². The Morgan fingerprint density at radius 1 is 1.25 bits per heavy atom. The van der Waals surface area contributed by atoms with Crippen LogP contribution in [0.5, 0.6) is 5.88 Å². The van der Waals surface area contributed by atoms with Crippen molar-refractivity contribution in [1.82, 2.24) is 9.97 Å². The van der Waals surface area contributed by atoms with E-state index in [1.807, 2.05) is 30.3 Å². The fraction of sp³-hybridized carbons (Fsp3) is 0.267. The molecule has 0 N–H and O–H groups in total. The molecule has 5 heteroatoms. The van der Waals surface area contributed by atoms with E-state index in [1.54, 1.807) is 19.9 Å². The molecule has 0 fully saturated rings. The minimum absolute atomic E-state index is 0.325. The first-order valence-corrected chi connectivity index (χ1v) is 6.41. The summed E-state index contributed by atoms with van der Waals surface area (Å²) in [6.07, 6.45) is 0.712. The predicted molar refractivity (Wildman–Crippen MR) is 74.2 cm³/mol. The van der Waals surface area contributed by atoms with Gasteiger partial charge in [-0.3, -0.25) is 0 Å². The molecule has 0 amide bonds. The largest absolute Gasteiger partial charge is 0.463 e. The lowest BCUT2D eigenvalue weighted by Crippen LogP contribution is -2.26. The maximum atomic E-state index is 11.5. The van der Waals surface area contributed by atoms with Gasteiger partial charge < -0.3 is 9.47 Å². The second kappa shape index (κ2) is 6.65. The topological polar surface area (TPSA) is 61.3 Å². The normalized spacial score (nSPS) is 11.7. The number of hydrogen-bond acceptors (Lipinski definition) is 5. The summed E-state index contributed by atoms with van der Waals surface area (Å²) in [5, 5.41) is 0. The Bertz CT molecular complexity index is 572. The molecule has 0 spiro atoms. The van der Waals surface area contributed by atoms with E-state index < -0.39 is 12.1 Å². The third-order valence-electron chi connectivity index (χ3n) is 2.63. The highest BCUT2D eigenvalue weighted by Gasteiger charge is 2.16. The third-order valence-corrected chi connectivity index (χ3v) is 2.63. The van der Waals surface area contributed by atoms with Crippen LogP contribution in [-0.2, 0) is 9.53 Å². The molecule has 1 aromatic carbocycles. The molecule has 0 saturated heterocycles. The first-order valence-electron chi connectivity index (χ1n) is 6.41. The lowest BCUT2D eigenvalue weighted by molar-refractivity contribution is -0.150. The van der Waals surface area contributed by atoms with Crippen LogP contribution in [-0.4, -0.2) is 28.6 Å². The smallest absolute Gasteiger partial charge is 0.347 e. The zero-order valence-electron chi connectivity index (χ0n) is 11.4. The van der Waals surface area contributed by atoms with Crippen molar-refractivity contribution in [2.24, 2.45) is 0 Å². The molecule has 0 aliphatic heterocycles. The molecule has 0 saturated carbocycles. The second-order valence-corrected chi connectivity index (χ2v) is 4.12. The van der Waals surface area contributed by atoms with Gasteiger partial charge >= 0.3 is 5.97 Å². The van der Waals surface area contributed by atoms with Gasteiger partial charge in [0.15, 0.2) is 6.10 Å². The molecule has 1 unspecified atom stereocenters. The molecular weight excluding hydrogens is 256 g/mol. The van der Waals surface area contributed by atoms with Crippen LogP contribution in [0.3, 0.4) is 0 Å². The van der Waals surface area contributed by atoms with E-state index in [2.05, 4.69) is 9.97 Å². The summed E-state index contributed by atoms with van der Waals surface area (Å²) >= 11 is 0. The molecule has 5 nitrogen and oxygen atoms in total. The van der Waals surface area contributed by atoms with Crippen molar-refractivity contribution in [3.05, 3.63) is 42.7 Å². The molecular formula is C15H16N2O3. The minimum atomic E-state index is -0.700. The monoisotopic (exact) mass is 272 g/mol.